The number of aliphatic hydroxyl groups is 2. The third kappa shape index (κ3) is 2.98. The lowest BCUT2D eigenvalue weighted by Crippen LogP contribution is -2.56. The lowest BCUT2D eigenvalue weighted by molar-refractivity contribution is -0.176. The van der Waals surface area contributed by atoms with Gasteiger partial charge in [-0.15, -0.1) is 0 Å². The van der Waals surface area contributed by atoms with Crippen molar-refractivity contribution in [2.75, 3.05) is 6.61 Å². The van der Waals surface area contributed by atoms with E-state index in [1.165, 1.54) is 19.1 Å². The summed E-state index contributed by atoms with van der Waals surface area (Å²) in [4.78, 5) is 37.2. The molecule has 5 atom stereocenters. The van der Waals surface area contributed by atoms with Crippen LogP contribution in [-0.2, 0) is 28.6 Å². The Balaban J connectivity index is 2.11. The Morgan fingerprint density at radius 1 is 1.43 bits per heavy atom. The number of allylic oxidation sites excluding steroid dienone is 2. The molecular weight excluding hydrogens is 368 g/mol. The average Bonchev–Trinajstić information content (AvgIpc) is 3.10. The maximum atomic E-state index is 12.6. The summed E-state index contributed by atoms with van der Waals surface area (Å²) < 4.78 is 16.5. The number of hydrogen-bond donors (Lipinski definition) is 2. The third-order valence-corrected chi connectivity index (χ3v) is 5.39. The second-order valence-corrected chi connectivity index (χ2v) is 7.14. The molecular formula is C20H22O8. The zero-order valence-corrected chi connectivity index (χ0v) is 15.8. The summed E-state index contributed by atoms with van der Waals surface area (Å²) in [5.41, 5.74) is -1.20. The van der Waals surface area contributed by atoms with Gasteiger partial charge >= 0.3 is 11.9 Å². The van der Waals surface area contributed by atoms with E-state index in [0.717, 1.165) is 0 Å². The maximum Gasteiger partial charge on any atom is 0.336 e. The molecule has 3 rings (SSSR count). The molecule has 2 bridgehead atoms. The molecule has 0 aromatic rings. The highest BCUT2D eigenvalue weighted by Crippen LogP contribution is 2.42. The quantitative estimate of drug-likeness (QED) is 0.528. The van der Waals surface area contributed by atoms with E-state index in [1.807, 2.05) is 0 Å². The second-order valence-electron chi connectivity index (χ2n) is 7.14. The van der Waals surface area contributed by atoms with E-state index < -0.39 is 54.2 Å². The van der Waals surface area contributed by atoms with Crippen LogP contribution in [0, 0.1) is 5.92 Å². The van der Waals surface area contributed by atoms with Gasteiger partial charge in [0.15, 0.2) is 5.60 Å². The Morgan fingerprint density at radius 3 is 2.71 bits per heavy atom. The number of carbonyl (C=O) groups is 3. The standard InChI is InChI=1S/C20H22O8/c1-5-11(8-21)19(25)27-16-15-10(3)18(24)26-13(15)6-9(2)12-7-14(22)20(4,28-12)17(16)23/h5-7,13,15-17,21,23H,3,8H2,1-2,4H3/b9-6-,11-5+/t13-,15+,16+,17+,20-/m1/s1. The molecule has 0 aromatic heterocycles. The Bertz CT molecular complexity index is 848. The lowest BCUT2D eigenvalue weighted by atomic mass is 9.80. The highest BCUT2D eigenvalue weighted by molar-refractivity contribution is 6.01. The number of carbonyl (C=O) groups excluding carboxylic acids is 3. The van der Waals surface area contributed by atoms with Crippen LogP contribution in [0.15, 0.2) is 47.3 Å². The highest BCUT2D eigenvalue weighted by Gasteiger charge is 2.57. The van der Waals surface area contributed by atoms with Crippen LogP contribution in [-0.4, -0.2) is 58.5 Å². The van der Waals surface area contributed by atoms with E-state index in [1.54, 1.807) is 19.9 Å². The van der Waals surface area contributed by atoms with Crippen molar-refractivity contribution in [1.82, 2.24) is 0 Å². The molecule has 0 aliphatic carbocycles. The summed E-state index contributed by atoms with van der Waals surface area (Å²) in [6.45, 7) is 7.76. The predicted molar refractivity (Wildman–Crippen MR) is 95.6 cm³/mol. The van der Waals surface area contributed by atoms with Crippen LogP contribution in [0.3, 0.4) is 0 Å². The summed E-state index contributed by atoms with van der Waals surface area (Å²) in [5, 5.41) is 20.4. The summed E-state index contributed by atoms with van der Waals surface area (Å²) >= 11 is 0. The summed E-state index contributed by atoms with van der Waals surface area (Å²) in [5.74, 6) is -2.74. The number of esters is 2. The van der Waals surface area contributed by atoms with Gasteiger partial charge in [0.05, 0.1) is 18.1 Å². The minimum atomic E-state index is -1.72. The van der Waals surface area contributed by atoms with Gasteiger partial charge in [0, 0.05) is 11.6 Å². The third-order valence-electron chi connectivity index (χ3n) is 5.39. The number of aliphatic hydroxyl groups excluding tert-OH is 2. The van der Waals surface area contributed by atoms with Crippen molar-refractivity contribution in [2.24, 2.45) is 5.92 Å². The minimum Gasteiger partial charge on any atom is -0.476 e. The predicted octanol–water partition coefficient (Wildman–Crippen LogP) is 0.497. The Hall–Kier alpha value is -2.71. The molecule has 150 valence electrons. The van der Waals surface area contributed by atoms with E-state index >= 15 is 0 Å². The topological polar surface area (TPSA) is 119 Å². The highest BCUT2D eigenvalue weighted by atomic mass is 16.6. The number of fused-ring (bicyclic) bond motifs is 3. The Kier molecular flexibility index (Phi) is 5.03. The van der Waals surface area contributed by atoms with E-state index in [9.17, 15) is 24.6 Å². The van der Waals surface area contributed by atoms with Crippen molar-refractivity contribution >= 4 is 17.7 Å². The lowest BCUT2D eigenvalue weighted by Gasteiger charge is -2.36. The van der Waals surface area contributed by atoms with Crippen molar-refractivity contribution in [3.05, 3.63) is 47.3 Å². The van der Waals surface area contributed by atoms with Gasteiger partial charge in [-0.3, -0.25) is 4.79 Å². The Labute approximate surface area is 161 Å². The van der Waals surface area contributed by atoms with Crippen molar-refractivity contribution in [1.29, 1.82) is 0 Å². The molecule has 0 radical (unpaired) electrons. The normalized spacial score (nSPS) is 36.9. The van der Waals surface area contributed by atoms with E-state index in [2.05, 4.69) is 6.58 Å². The molecule has 3 heterocycles. The van der Waals surface area contributed by atoms with Crippen LogP contribution in [0.25, 0.3) is 0 Å². The molecule has 0 saturated carbocycles. The molecule has 28 heavy (non-hydrogen) atoms. The molecule has 8 heteroatoms. The molecule has 2 N–H and O–H groups in total. The van der Waals surface area contributed by atoms with Crippen LogP contribution in [0.2, 0.25) is 0 Å². The van der Waals surface area contributed by atoms with Gasteiger partial charge in [0.2, 0.25) is 5.78 Å². The number of ketones is 1. The first-order chi connectivity index (χ1) is 13.1. The summed E-state index contributed by atoms with van der Waals surface area (Å²) in [6, 6.07) is 0. The smallest absolute Gasteiger partial charge is 0.336 e. The first-order valence-electron chi connectivity index (χ1n) is 8.82. The van der Waals surface area contributed by atoms with Crippen molar-refractivity contribution < 1.29 is 38.8 Å². The van der Waals surface area contributed by atoms with Crippen LogP contribution in [0.5, 0.6) is 0 Å². The largest absolute Gasteiger partial charge is 0.476 e. The fourth-order valence-corrected chi connectivity index (χ4v) is 3.55. The molecule has 0 unspecified atom stereocenters. The van der Waals surface area contributed by atoms with Gasteiger partial charge in [-0.25, -0.2) is 9.59 Å². The van der Waals surface area contributed by atoms with Crippen molar-refractivity contribution in [3.8, 4) is 0 Å². The van der Waals surface area contributed by atoms with Gasteiger partial charge in [0.1, 0.15) is 24.1 Å². The first-order valence-corrected chi connectivity index (χ1v) is 8.82. The second kappa shape index (κ2) is 7.03. The zero-order chi connectivity index (χ0) is 20.8. The Morgan fingerprint density at radius 2 is 2.11 bits per heavy atom. The summed E-state index contributed by atoms with van der Waals surface area (Å²) in [6.07, 6.45) is 0.347. The van der Waals surface area contributed by atoms with Crippen molar-refractivity contribution in [2.45, 2.75) is 44.7 Å². The SMILES string of the molecule is C=C1C(=O)O[C@@H]2/C=C(/C)C3=CC(=O)[C@@](C)(O3)[C@@H](O)[C@@H](OC(=O)/C(=C/C)CO)[C@@H]12. The van der Waals surface area contributed by atoms with Crippen LogP contribution < -0.4 is 0 Å². The first kappa shape index (κ1) is 20.0. The van der Waals surface area contributed by atoms with E-state index in [0.29, 0.717) is 5.57 Å². The van der Waals surface area contributed by atoms with Gasteiger partial charge in [0.25, 0.3) is 0 Å². The van der Waals surface area contributed by atoms with Crippen LogP contribution in [0.4, 0.5) is 0 Å². The van der Waals surface area contributed by atoms with E-state index in [-0.39, 0.29) is 16.9 Å². The van der Waals surface area contributed by atoms with Gasteiger partial charge in [-0.2, -0.15) is 0 Å². The van der Waals surface area contributed by atoms with Gasteiger partial charge in [-0.1, -0.05) is 12.7 Å². The summed E-state index contributed by atoms with van der Waals surface area (Å²) in [7, 11) is 0. The molecule has 8 nitrogen and oxygen atoms in total. The number of ether oxygens (including phenoxy) is 3. The maximum absolute atomic E-state index is 12.6. The zero-order valence-electron chi connectivity index (χ0n) is 15.8. The molecule has 0 amide bonds. The molecule has 0 spiro atoms. The van der Waals surface area contributed by atoms with Crippen LogP contribution >= 0.6 is 0 Å². The number of rotatable bonds is 3. The molecule has 0 aromatic carbocycles. The molecule has 3 aliphatic heterocycles. The van der Waals surface area contributed by atoms with Crippen LogP contribution in [0.1, 0.15) is 20.8 Å². The van der Waals surface area contributed by atoms with Crippen molar-refractivity contribution in [3.63, 3.8) is 0 Å². The average molecular weight is 390 g/mol. The van der Waals surface area contributed by atoms with Gasteiger partial charge < -0.3 is 24.4 Å². The minimum absolute atomic E-state index is 0.0136. The molecule has 1 saturated heterocycles. The monoisotopic (exact) mass is 390 g/mol. The fourth-order valence-electron chi connectivity index (χ4n) is 3.55. The van der Waals surface area contributed by atoms with E-state index in [4.69, 9.17) is 14.2 Å². The molecule has 1 fully saturated rings. The number of hydrogen-bond acceptors (Lipinski definition) is 8. The van der Waals surface area contributed by atoms with Gasteiger partial charge in [-0.05, 0) is 32.4 Å². The molecule has 3 aliphatic rings. The fraction of sp³-hybridized carbons (Fsp3) is 0.450.